The monoisotopic (exact) mass is 538 g/mol. The second-order valence-electron chi connectivity index (χ2n) is 6.19. The molecule has 6 nitrogen and oxygen atoms in total. The predicted molar refractivity (Wildman–Crippen MR) is 109 cm³/mol. The van der Waals surface area contributed by atoms with Gasteiger partial charge in [0.15, 0.2) is 5.96 Å². The molecule has 0 spiro atoms. The number of hydrogen-bond acceptors (Lipinski definition) is 3. The molecule has 0 amide bonds. The third-order valence-electron chi connectivity index (χ3n) is 4.39. The van der Waals surface area contributed by atoms with Crippen LogP contribution in [0.15, 0.2) is 29.3 Å². The molecule has 1 saturated heterocycles. The molecule has 2 N–H and O–H groups in total. The van der Waals surface area contributed by atoms with Gasteiger partial charge in [-0.15, -0.1) is 24.0 Å². The van der Waals surface area contributed by atoms with Crippen molar-refractivity contribution in [2.75, 3.05) is 26.7 Å². The highest BCUT2D eigenvalue weighted by atomic mass is 127. The lowest BCUT2D eigenvalue weighted by Gasteiger charge is -2.31. The zero-order valence-electron chi connectivity index (χ0n) is 15.2. The van der Waals surface area contributed by atoms with Gasteiger partial charge in [0, 0.05) is 38.8 Å². The van der Waals surface area contributed by atoms with Crippen molar-refractivity contribution in [3.63, 3.8) is 0 Å². The Hall–Kier alpha value is -1.15. The molecule has 0 aromatic heterocycles. The average Bonchev–Trinajstić information content (AvgIpc) is 2.62. The summed E-state index contributed by atoms with van der Waals surface area (Å²) in [5.41, 5.74) is -4.79. The van der Waals surface area contributed by atoms with Crippen LogP contribution >= 0.6 is 24.0 Å². The SMILES string of the molecule is CN=C(NCc1ccccc1F)NCC1CCN(S(=O)(=O)C(F)(F)F)CC1.I. The van der Waals surface area contributed by atoms with Crippen LogP contribution in [-0.4, -0.2) is 50.9 Å². The molecule has 2 rings (SSSR count). The molecule has 0 radical (unpaired) electrons. The van der Waals surface area contributed by atoms with Crippen LogP contribution in [0.2, 0.25) is 0 Å². The van der Waals surface area contributed by atoms with Gasteiger partial charge in [-0.2, -0.15) is 17.5 Å². The average molecular weight is 538 g/mol. The maximum Gasteiger partial charge on any atom is 0.511 e. The third-order valence-corrected chi connectivity index (χ3v) is 6.02. The number of halogens is 5. The van der Waals surface area contributed by atoms with Crippen LogP contribution in [0.25, 0.3) is 0 Å². The van der Waals surface area contributed by atoms with E-state index in [1.165, 1.54) is 6.07 Å². The largest absolute Gasteiger partial charge is 0.511 e. The number of nitrogens with zero attached hydrogens (tertiary/aromatic N) is 2. The van der Waals surface area contributed by atoms with E-state index < -0.39 is 15.5 Å². The predicted octanol–water partition coefficient (Wildman–Crippen LogP) is 2.67. The summed E-state index contributed by atoms with van der Waals surface area (Å²) in [5, 5.41) is 6.00. The highest BCUT2D eigenvalue weighted by molar-refractivity contribution is 14.0. The normalized spacial score (nSPS) is 17.1. The summed E-state index contributed by atoms with van der Waals surface area (Å²) in [4.78, 5) is 4.02. The molecular formula is C16H23F4IN4O2S. The van der Waals surface area contributed by atoms with E-state index in [0.29, 0.717) is 35.2 Å². The highest BCUT2D eigenvalue weighted by Gasteiger charge is 2.50. The number of rotatable bonds is 5. The fourth-order valence-corrected chi connectivity index (χ4v) is 3.77. The first-order chi connectivity index (χ1) is 12.6. The molecule has 1 fully saturated rings. The third kappa shape index (κ3) is 6.44. The molecular weight excluding hydrogens is 515 g/mol. The zero-order valence-corrected chi connectivity index (χ0v) is 18.3. The first-order valence-electron chi connectivity index (χ1n) is 8.39. The summed E-state index contributed by atoms with van der Waals surface area (Å²) in [6, 6.07) is 6.32. The lowest BCUT2D eigenvalue weighted by Crippen LogP contribution is -2.47. The quantitative estimate of drug-likeness (QED) is 0.262. The second-order valence-corrected chi connectivity index (χ2v) is 8.12. The van der Waals surface area contributed by atoms with Crippen LogP contribution in [0.3, 0.4) is 0 Å². The Kier molecular flexibility index (Phi) is 9.40. The van der Waals surface area contributed by atoms with E-state index in [1.807, 2.05) is 0 Å². The fourth-order valence-electron chi connectivity index (χ4n) is 2.78. The Balaban J connectivity index is 0.00000392. The van der Waals surface area contributed by atoms with Crippen molar-refractivity contribution in [3.8, 4) is 0 Å². The van der Waals surface area contributed by atoms with Crippen LogP contribution in [0, 0.1) is 11.7 Å². The zero-order chi connectivity index (χ0) is 20.1. The number of aliphatic imine (C=N–C) groups is 1. The van der Waals surface area contributed by atoms with Crippen molar-refractivity contribution in [1.29, 1.82) is 0 Å². The van der Waals surface area contributed by atoms with Gasteiger partial charge in [0.1, 0.15) is 5.82 Å². The standard InChI is InChI=1S/C16H22F4N4O2S.HI/c1-21-15(23-11-13-4-2-3-5-14(13)17)22-10-12-6-8-24(9-7-12)27(25,26)16(18,19)20;/h2-5,12H,6-11H2,1H3,(H2,21,22,23);1H. The van der Waals surface area contributed by atoms with Gasteiger partial charge in [-0.3, -0.25) is 4.99 Å². The van der Waals surface area contributed by atoms with Gasteiger partial charge >= 0.3 is 15.5 Å². The van der Waals surface area contributed by atoms with E-state index in [1.54, 1.807) is 25.2 Å². The molecule has 12 heteroatoms. The summed E-state index contributed by atoms with van der Waals surface area (Å²) >= 11 is 0. The molecule has 1 aliphatic rings. The van der Waals surface area contributed by atoms with E-state index in [2.05, 4.69) is 15.6 Å². The van der Waals surface area contributed by atoms with Crippen LogP contribution in [-0.2, 0) is 16.6 Å². The molecule has 28 heavy (non-hydrogen) atoms. The van der Waals surface area contributed by atoms with E-state index in [4.69, 9.17) is 0 Å². The number of alkyl halides is 3. The van der Waals surface area contributed by atoms with E-state index in [-0.39, 0.29) is 55.3 Å². The minimum Gasteiger partial charge on any atom is -0.356 e. The number of nitrogens with one attached hydrogen (secondary N) is 2. The van der Waals surface area contributed by atoms with E-state index in [9.17, 15) is 26.0 Å². The lowest BCUT2D eigenvalue weighted by molar-refractivity contribution is -0.0496. The molecule has 1 aliphatic heterocycles. The molecule has 0 atom stereocenters. The minimum atomic E-state index is -5.27. The Morgan fingerprint density at radius 3 is 2.36 bits per heavy atom. The van der Waals surface area contributed by atoms with E-state index >= 15 is 0 Å². The maximum absolute atomic E-state index is 13.6. The van der Waals surface area contributed by atoms with Gasteiger partial charge in [-0.05, 0) is 24.8 Å². The molecule has 1 aromatic rings. The smallest absolute Gasteiger partial charge is 0.356 e. The van der Waals surface area contributed by atoms with Crippen molar-refractivity contribution in [2.24, 2.45) is 10.9 Å². The van der Waals surface area contributed by atoms with Crippen molar-refractivity contribution < 1.29 is 26.0 Å². The Labute approximate surface area is 178 Å². The molecule has 0 bridgehead atoms. The van der Waals surface area contributed by atoms with Crippen molar-refractivity contribution in [2.45, 2.75) is 24.9 Å². The van der Waals surface area contributed by atoms with Crippen molar-refractivity contribution in [1.82, 2.24) is 14.9 Å². The molecule has 160 valence electrons. The number of benzene rings is 1. The second kappa shape index (κ2) is 10.6. The van der Waals surface area contributed by atoms with Crippen LogP contribution in [0.1, 0.15) is 18.4 Å². The summed E-state index contributed by atoms with van der Waals surface area (Å²) in [5.74, 6) is 0.110. The fraction of sp³-hybridized carbons (Fsp3) is 0.562. The van der Waals surface area contributed by atoms with Crippen molar-refractivity contribution in [3.05, 3.63) is 35.6 Å². The van der Waals surface area contributed by atoms with Gasteiger partial charge < -0.3 is 10.6 Å². The van der Waals surface area contributed by atoms with Gasteiger partial charge in [-0.25, -0.2) is 12.8 Å². The first kappa shape index (κ1) is 24.9. The summed E-state index contributed by atoms with van der Waals surface area (Å²) in [6.45, 7) is 0.316. The first-order valence-corrected chi connectivity index (χ1v) is 9.83. The van der Waals surface area contributed by atoms with Gasteiger partial charge in [0.05, 0.1) is 0 Å². The molecule has 0 unspecified atom stereocenters. The van der Waals surface area contributed by atoms with Crippen LogP contribution in [0.5, 0.6) is 0 Å². The van der Waals surface area contributed by atoms with Crippen molar-refractivity contribution >= 4 is 40.0 Å². The topological polar surface area (TPSA) is 73.8 Å². The van der Waals surface area contributed by atoms with Gasteiger partial charge in [-0.1, -0.05) is 18.2 Å². The van der Waals surface area contributed by atoms with Gasteiger partial charge in [0.25, 0.3) is 0 Å². The Bertz CT molecular complexity index is 766. The van der Waals surface area contributed by atoms with Crippen LogP contribution < -0.4 is 10.6 Å². The number of hydrogen-bond donors (Lipinski definition) is 2. The summed E-state index contributed by atoms with van der Waals surface area (Å²) in [7, 11) is -3.71. The highest BCUT2D eigenvalue weighted by Crippen LogP contribution is 2.30. The Morgan fingerprint density at radius 2 is 1.82 bits per heavy atom. The summed E-state index contributed by atoms with van der Waals surface area (Å²) in [6.07, 6.45) is 0.624. The Morgan fingerprint density at radius 1 is 1.21 bits per heavy atom. The molecule has 1 heterocycles. The number of sulfonamides is 1. The summed E-state index contributed by atoms with van der Waals surface area (Å²) < 4.78 is 74.6. The number of piperidine rings is 1. The maximum atomic E-state index is 13.6. The molecule has 0 saturated carbocycles. The molecule has 1 aromatic carbocycles. The minimum absolute atomic E-state index is 0. The molecule has 0 aliphatic carbocycles. The van der Waals surface area contributed by atoms with E-state index in [0.717, 1.165) is 0 Å². The number of guanidine groups is 1. The van der Waals surface area contributed by atoms with Crippen LogP contribution in [0.4, 0.5) is 17.6 Å². The lowest BCUT2D eigenvalue weighted by atomic mass is 9.98. The van der Waals surface area contributed by atoms with Gasteiger partial charge in [0.2, 0.25) is 0 Å².